The molecule has 5 nitrogen and oxygen atoms in total. The van der Waals surface area contributed by atoms with Crippen LogP contribution >= 0.6 is 11.6 Å². The van der Waals surface area contributed by atoms with E-state index in [-0.39, 0.29) is 17.5 Å². The Kier molecular flexibility index (Phi) is 5.33. The lowest BCUT2D eigenvalue weighted by atomic mass is 10.1. The van der Waals surface area contributed by atoms with E-state index in [9.17, 15) is 9.90 Å². The number of aromatic amines is 1. The Morgan fingerprint density at radius 3 is 2.90 bits per heavy atom. The number of halogens is 1. The summed E-state index contributed by atoms with van der Waals surface area (Å²) in [5.41, 5.74) is 0.940. The number of azo groups is 1. The maximum atomic E-state index is 11.6. The number of aromatic hydroxyl groups is 1. The molecule has 0 spiro atoms. The van der Waals surface area contributed by atoms with Crippen LogP contribution in [0.1, 0.15) is 39.0 Å². The third-order valence-corrected chi connectivity index (χ3v) is 3.45. The van der Waals surface area contributed by atoms with Crippen LogP contribution < -0.4 is 0 Å². The molecular weight excluding hydrogens is 290 g/mol. The summed E-state index contributed by atoms with van der Waals surface area (Å²) in [6.07, 6.45) is 4.46. The summed E-state index contributed by atoms with van der Waals surface area (Å²) in [7, 11) is 0. The van der Waals surface area contributed by atoms with Crippen molar-refractivity contribution in [1.82, 2.24) is 4.98 Å². The number of hydrogen-bond acceptors (Lipinski definition) is 3. The molecule has 2 N–H and O–H groups in total. The van der Waals surface area contributed by atoms with Crippen LogP contribution in [-0.2, 0) is 4.79 Å². The predicted molar refractivity (Wildman–Crippen MR) is 83.3 cm³/mol. The minimum atomic E-state index is -0.276. The Balaban J connectivity index is 2.08. The number of fused-ring (bicyclic) bond motifs is 1. The second-order valence-corrected chi connectivity index (χ2v) is 5.35. The van der Waals surface area contributed by atoms with Crippen LogP contribution in [-0.4, -0.2) is 16.0 Å². The Labute approximate surface area is 128 Å². The predicted octanol–water partition coefficient (Wildman–Crippen LogP) is 5.11. The molecule has 0 bridgehead atoms. The molecule has 2 aromatic rings. The highest BCUT2D eigenvalue weighted by Crippen LogP contribution is 2.36. The van der Waals surface area contributed by atoms with Crippen LogP contribution in [0.2, 0.25) is 5.02 Å². The number of hydrogen-bond donors (Lipinski definition) is 2. The molecule has 0 radical (unpaired) electrons. The normalized spacial score (nSPS) is 11.5. The Morgan fingerprint density at radius 1 is 1.33 bits per heavy atom. The van der Waals surface area contributed by atoms with E-state index in [0.29, 0.717) is 22.3 Å². The number of nitrogens with zero attached hydrogens (tertiary/aromatic N) is 2. The van der Waals surface area contributed by atoms with Crippen LogP contribution in [0.15, 0.2) is 28.4 Å². The molecule has 1 aromatic heterocycles. The van der Waals surface area contributed by atoms with Crippen molar-refractivity contribution >= 4 is 34.1 Å². The highest BCUT2D eigenvalue weighted by atomic mass is 35.5. The second kappa shape index (κ2) is 7.22. The van der Waals surface area contributed by atoms with Gasteiger partial charge in [0, 0.05) is 16.8 Å². The zero-order valence-electron chi connectivity index (χ0n) is 11.9. The van der Waals surface area contributed by atoms with Gasteiger partial charge in [0.15, 0.2) is 5.69 Å². The van der Waals surface area contributed by atoms with Crippen molar-refractivity contribution in [3.05, 3.63) is 23.2 Å². The number of H-pyrrole nitrogens is 1. The Morgan fingerprint density at radius 2 is 2.14 bits per heavy atom. The first kappa shape index (κ1) is 15.5. The van der Waals surface area contributed by atoms with Crippen molar-refractivity contribution in [2.24, 2.45) is 10.2 Å². The number of nitrogens with one attached hydrogen (secondary N) is 1. The van der Waals surface area contributed by atoms with Crippen molar-refractivity contribution in [3.63, 3.8) is 0 Å². The van der Waals surface area contributed by atoms with Crippen molar-refractivity contribution in [1.29, 1.82) is 0 Å². The molecule has 2 rings (SSSR count). The molecule has 1 aromatic carbocycles. The molecule has 21 heavy (non-hydrogen) atoms. The van der Waals surface area contributed by atoms with Gasteiger partial charge in [0.1, 0.15) is 0 Å². The van der Waals surface area contributed by atoms with Gasteiger partial charge in [0.25, 0.3) is 5.91 Å². The maximum Gasteiger partial charge on any atom is 0.264 e. The fourth-order valence-electron chi connectivity index (χ4n) is 2.10. The van der Waals surface area contributed by atoms with E-state index in [1.165, 1.54) is 0 Å². The molecule has 0 saturated heterocycles. The van der Waals surface area contributed by atoms with E-state index < -0.39 is 0 Å². The number of carbonyl (C=O) groups is 1. The SMILES string of the molecule is CCCCCCC(=O)N=Nc1c(O)[nH]c2ccc(Cl)cc12. The number of carbonyl (C=O) groups excluding carboxylic acids is 1. The molecule has 0 unspecified atom stereocenters. The number of rotatable bonds is 6. The summed E-state index contributed by atoms with van der Waals surface area (Å²) >= 11 is 5.93. The quantitative estimate of drug-likeness (QED) is 0.574. The second-order valence-electron chi connectivity index (χ2n) is 4.92. The van der Waals surface area contributed by atoms with E-state index in [0.717, 1.165) is 25.7 Å². The molecule has 1 amide bonds. The Bertz CT molecular complexity index is 664. The van der Waals surface area contributed by atoms with Crippen LogP contribution in [0.4, 0.5) is 5.69 Å². The first-order valence-electron chi connectivity index (χ1n) is 7.06. The van der Waals surface area contributed by atoms with Crippen LogP contribution in [0.5, 0.6) is 5.88 Å². The standard InChI is InChI=1S/C15H18ClN3O2/c1-2-3-4-5-6-13(20)18-19-14-11-9-10(16)7-8-12(11)17-15(14)21/h7-9,17,21H,2-6H2,1H3. The molecule has 6 heteroatoms. The Hall–Kier alpha value is -1.88. The van der Waals surface area contributed by atoms with Gasteiger partial charge in [-0.15, -0.1) is 10.2 Å². The van der Waals surface area contributed by atoms with Crippen molar-refractivity contribution in [3.8, 4) is 5.88 Å². The third-order valence-electron chi connectivity index (χ3n) is 3.22. The van der Waals surface area contributed by atoms with Gasteiger partial charge < -0.3 is 10.1 Å². The average Bonchev–Trinajstić information content (AvgIpc) is 2.76. The molecule has 0 aliphatic rings. The average molecular weight is 308 g/mol. The summed E-state index contributed by atoms with van der Waals surface area (Å²) in [6.45, 7) is 2.12. The van der Waals surface area contributed by atoms with Crippen molar-refractivity contribution in [2.75, 3.05) is 0 Å². The molecule has 112 valence electrons. The van der Waals surface area contributed by atoms with Gasteiger partial charge >= 0.3 is 0 Å². The number of benzene rings is 1. The first-order valence-corrected chi connectivity index (χ1v) is 7.44. The lowest BCUT2D eigenvalue weighted by Crippen LogP contribution is -1.91. The van der Waals surface area contributed by atoms with E-state index in [1.807, 2.05) is 0 Å². The lowest BCUT2D eigenvalue weighted by Gasteiger charge is -1.95. The molecule has 0 atom stereocenters. The highest BCUT2D eigenvalue weighted by molar-refractivity contribution is 6.31. The lowest BCUT2D eigenvalue weighted by molar-refractivity contribution is -0.118. The van der Waals surface area contributed by atoms with E-state index in [2.05, 4.69) is 22.1 Å². The smallest absolute Gasteiger partial charge is 0.264 e. The van der Waals surface area contributed by atoms with Gasteiger partial charge in [-0.1, -0.05) is 37.8 Å². The first-order chi connectivity index (χ1) is 10.1. The fraction of sp³-hybridized carbons (Fsp3) is 0.400. The zero-order chi connectivity index (χ0) is 15.2. The topological polar surface area (TPSA) is 77.8 Å². The van der Waals surface area contributed by atoms with Gasteiger partial charge in [-0.25, -0.2) is 0 Å². The third kappa shape index (κ3) is 4.04. The molecule has 0 fully saturated rings. The van der Waals surface area contributed by atoms with E-state index >= 15 is 0 Å². The minimum absolute atomic E-state index is 0.116. The van der Waals surface area contributed by atoms with Crippen molar-refractivity contribution < 1.29 is 9.90 Å². The van der Waals surface area contributed by atoms with E-state index in [1.54, 1.807) is 18.2 Å². The molecular formula is C15H18ClN3O2. The number of amides is 1. The maximum absolute atomic E-state index is 11.6. The summed E-state index contributed by atoms with van der Waals surface area (Å²) < 4.78 is 0. The minimum Gasteiger partial charge on any atom is -0.493 e. The van der Waals surface area contributed by atoms with Gasteiger partial charge in [-0.3, -0.25) is 4.79 Å². The number of unbranched alkanes of at least 4 members (excludes halogenated alkanes) is 3. The van der Waals surface area contributed by atoms with Gasteiger partial charge in [0.05, 0.1) is 5.52 Å². The largest absolute Gasteiger partial charge is 0.493 e. The van der Waals surface area contributed by atoms with Crippen LogP contribution in [0.3, 0.4) is 0 Å². The van der Waals surface area contributed by atoms with Crippen LogP contribution in [0, 0.1) is 0 Å². The fourth-order valence-corrected chi connectivity index (χ4v) is 2.27. The molecule has 0 saturated carbocycles. The van der Waals surface area contributed by atoms with Gasteiger partial charge in [-0.2, -0.15) is 0 Å². The molecule has 1 heterocycles. The zero-order valence-corrected chi connectivity index (χ0v) is 12.7. The van der Waals surface area contributed by atoms with Crippen LogP contribution in [0.25, 0.3) is 10.9 Å². The summed E-state index contributed by atoms with van der Waals surface area (Å²) in [5, 5.41) is 18.5. The summed E-state index contributed by atoms with van der Waals surface area (Å²) in [4.78, 5) is 14.4. The number of aromatic nitrogens is 1. The van der Waals surface area contributed by atoms with Gasteiger partial charge in [0.2, 0.25) is 5.88 Å². The summed E-state index contributed by atoms with van der Waals surface area (Å²) in [5.74, 6) is -0.392. The summed E-state index contributed by atoms with van der Waals surface area (Å²) in [6, 6.07) is 5.12. The van der Waals surface area contributed by atoms with Crippen molar-refractivity contribution in [2.45, 2.75) is 39.0 Å². The molecule has 0 aliphatic carbocycles. The van der Waals surface area contributed by atoms with Gasteiger partial charge in [-0.05, 0) is 24.6 Å². The van der Waals surface area contributed by atoms with E-state index in [4.69, 9.17) is 11.6 Å². The molecule has 0 aliphatic heterocycles. The highest BCUT2D eigenvalue weighted by Gasteiger charge is 2.11. The monoisotopic (exact) mass is 307 g/mol.